The number of piperidine rings is 1. The topological polar surface area (TPSA) is 71.3 Å². The molecular formula is C25H28BrFN4O2S. The van der Waals surface area contributed by atoms with Crippen molar-refractivity contribution in [2.24, 2.45) is 5.92 Å². The Morgan fingerprint density at radius 3 is 2.94 bits per heavy atom. The van der Waals surface area contributed by atoms with Gasteiger partial charge in [-0.25, -0.2) is 4.39 Å². The maximum absolute atomic E-state index is 13.0. The molecule has 3 aromatic rings. The predicted molar refractivity (Wildman–Crippen MR) is 136 cm³/mol. The summed E-state index contributed by atoms with van der Waals surface area (Å²) in [6.45, 7) is 2.83. The molecule has 0 bridgehead atoms. The molecule has 0 saturated carbocycles. The first-order valence-corrected chi connectivity index (χ1v) is 13.4. The Labute approximate surface area is 211 Å². The number of carbonyl (C=O) groups is 1. The summed E-state index contributed by atoms with van der Waals surface area (Å²) in [7, 11) is 0. The smallest absolute Gasteiger partial charge is 0.241 e. The number of rotatable bonds is 10. The lowest BCUT2D eigenvalue weighted by Crippen LogP contribution is -2.43. The second-order valence-corrected chi connectivity index (χ2v) is 10.4. The number of likely N-dealkylation sites (tertiary alicyclic amines) is 1. The van der Waals surface area contributed by atoms with Gasteiger partial charge >= 0.3 is 0 Å². The van der Waals surface area contributed by atoms with Crippen LogP contribution in [0.4, 0.5) is 4.39 Å². The number of nitrogens with zero attached hydrogens (tertiary/aromatic N) is 3. The van der Waals surface area contributed by atoms with E-state index in [1.807, 2.05) is 36.4 Å². The molecule has 2 aromatic carbocycles. The zero-order valence-electron chi connectivity index (χ0n) is 18.9. The number of halogens is 2. The summed E-state index contributed by atoms with van der Waals surface area (Å²) in [5.74, 6) is 2.83. The van der Waals surface area contributed by atoms with Gasteiger partial charge in [0.1, 0.15) is 5.82 Å². The molecular weight excluding hydrogens is 519 g/mol. The van der Waals surface area contributed by atoms with Crippen molar-refractivity contribution in [3.05, 3.63) is 70.3 Å². The van der Waals surface area contributed by atoms with Crippen LogP contribution < -0.4 is 5.32 Å². The van der Waals surface area contributed by atoms with Crippen LogP contribution >= 0.6 is 27.7 Å². The molecule has 4 rings (SSSR count). The van der Waals surface area contributed by atoms with Crippen molar-refractivity contribution in [1.82, 2.24) is 20.4 Å². The molecule has 0 spiro atoms. The Morgan fingerprint density at radius 1 is 1.26 bits per heavy atom. The van der Waals surface area contributed by atoms with Gasteiger partial charge in [0.25, 0.3) is 0 Å². The summed E-state index contributed by atoms with van der Waals surface area (Å²) in [4.78, 5) is 19.4. The first kappa shape index (κ1) is 24.9. The molecule has 6 nitrogen and oxygen atoms in total. The van der Waals surface area contributed by atoms with Crippen LogP contribution in [-0.2, 0) is 17.1 Å². The van der Waals surface area contributed by atoms with Crippen LogP contribution in [0.25, 0.3) is 11.4 Å². The summed E-state index contributed by atoms with van der Waals surface area (Å²) in [5.41, 5.74) is 2.01. The van der Waals surface area contributed by atoms with Crippen LogP contribution in [0.2, 0.25) is 0 Å². The van der Waals surface area contributed by atoms with Crippen molar-refractivity contribution in [3.8, 4) is 11.4 Å². The number of aromatic nitrogens is 2. The Hall–Kier alpha value is -2.23. The summed E-state index contributed by atoms with van der Waals surface area (Å²) < 4.78 is 19.4. The Morgan fingerprint density at radius 2 is 2.12 bits per heavy atom. The van der Waals surface area contributed by atoms with Crippen molar-refractivity contribution >= 4 is 33.6 Å². The monoisotopic (exact) mass is 546 g/mol. The van der Waals surface area contributed by atoms with Gasteiger partial charge in [0.15, 0.2) is 0 Å². The van der Waals surface area contributed by atoms with Crippen LogP contribution in [0.1, 0.15) is 30.7 Å². The molecule has 180 valence electrons. The van der Waals surface area contributed by atoms with E-state index in [0.29, 0.717) is 31.3 Å². The van der Waals surface area contributed by atoms with Gasteiger partial charge in [-0.2, -0.15) is 16.7 Å². The highest BCUT2D eigenvalue weighted by atomic mass is 79.9. The van der Waals surface area contributed by atoms with Crippen LogP contribution in [-0.4, -0.2) is 46.3 Å². The van der Waals surface area contributed by atoms with E-state index < -0.39 is 0 Å². The van der Waals surface area contributed by atoms with E-state index in [9.17, 15) is 9.18 Å². The lowest BCUT2D eigenvalue weighted by Gasteiger charge is -2.30. The summed E-state index contributed by atoms with van der Waals surface area (Å²) in [6, 6.07) is 14.4. The normalized spacial score (nSPS) is 16.5. The molecule has 9 heteroatoms. The molecule has 1 unspecified atom stereocenters. The van der Waals surface area contributed by atoms with Crippen molar-refractivity contribution < 1.29 is 13.7 Å². The van der Waals surface area contributed by atoms with Gasteiger partial charge in [0, 0.05) is 28.9 Å². The lowest BCUT2D eigenvalue weighted by atomic mass is 9.97. The maximum Gasteiger partial charge on any atom is 0.241 e. The highest BCUT2D eigenvalue weighted by Gasteiger charge is 2.26. The molecule has 1 N–H and O–H groups in total. The van der Waals surface area contributed by atoms with Crippen LogP contribution in [0.15, 0.2) is 57.5 Å². The minimum absolute atomic E-state index is 0.0203. The number of hydrogen-bond acceptors (Lipinski definition) is 6. The second kappa shape index (κ2) is 12.5. The Balaban J connectivity index is 1.16. The van der Waals surface area contributed by atoms with Gasteiger partial charge in [0.05, 0.1) is 12.5 Å². The van der Waals surface area contributed by atoms with E-state index in [2.05, 4.69) is 36.3 Å². The van der Waals surface area contributed by atoms with Crippen molar-refractivity contribution in [2.75, 3.05) is 25.4 Å². The largest absolute Gasteiger partial charge is 0.356 e. The van der Waals surface area contributed by atoms with E-state index in [1.54, 1.807) is 11.8 Å². The summed E-state index contributed by atoms with van der Waals surface area (Å²) in [5, 5.41) is 7.19. The highest BCUT2D eigenvalue weighted by Crippen LogP contribution is 2.22. The number of thioether (sulfide) groups is 1. The molecule has 1 amide bonds. The van der Waals surface area contributed by atoms with Crippen molar-refractivity contribution in [3.63, 3.8) is 0 Å². The van der Waals surface area contributed by atoms with Gasteiger partial charge in [-0.1, -0.05) is 45.4 Å². The molecule has 2 heterocycles. The van der Waals surface area contributed by atoms with Gasteiger partial charge in [-0.05, 0) is 61.4 Å². The number of nitrogens with one attached hydrogen (secondary N) is 1. The van der Waals surface area contributed by atoms with Gasteiger partial charge in [-0.3, -0.25) is 9.69 Å². The molecule has 34 heavy (non-hydrogen) atoms. The van der Waals surface area contributed by atoms with Gasteiger partial charge in [-0.15, -0.1) is 0 Å². The Kier molecular flexibility index (Phi) is 9.12. The maximum atomic E-state index is 13.0. The minimum Gasteiger partial charge on any atom is -0.356 e. The van der Waals surface area contributed by atoms with Crippen LogP contribution in [0.5, 0.6) is 0 Å². The molecule has 1 saturated heterocycles. The molecule has 1 fully saturated rings. The third kappa shape index (κ3) is 7.38. The third-order valence-corrected chi connectivity index (χ3v) is 7.34. The van der Waals surface area contributed by atoms with Gasteiger partial charge < -0.3 is 9.84 Å². The van der Waals surface area contributed by atoms with Crippen LogP contribution in [0.3, 0.4) is 0 Å². The first-order valence-electron chi connectivity index (χ1n) is 11.5. The molecule has 1 aliphatic rings. The second-order valence-electron chi connectivity index (χ2n) is 8.42. The third-order valence-electron chi connectivity index (χ3n) is 5.73. The standard InChI is InChI=1S/C25H28BrFN4O2S/c26-21-6-1-4-19(14-21)24-29-23(33-30-24)16-31-12-2-5-20(15-31)25(32)28-11-3-13-34-17-18-7-9-22(27)10-8-18/h1,4,6-10,14,20H,2-3,5,11-13,15-17H2,(H,28,32). The molecule has 1 aliphatic heterocycles. The lowest BCUT2D eigenvalue weighted by molar-refractivity contribution is -0.126. The van der Waals surface area contributed by atoms with Crippen molar-refractivity contribution in [2.45, 2.75) is 31.6 Å². The number of benzene rings is 2. The van der Waals surface area contributed by atoms with Crippen molar-refractivity contribution in [1.29, 1.82) is 0 Å². The molecule has 0 radical (unpaired) electrons. The molecule has 1 aromatic heterocycles. The summed E-state index contributed by atoms with van der Waals surface area (Å²) in [6.07, 6.45) is 2.78. The Bertz CT molecular complexity index is 1080. The average molecular weight is 547 g/mol. The highest BCUT2D eigenvalue weighted by molar-refractivity contribution is 9.10. The fourth-order valence-corrected chi connectivity index (χ4v) is 5.29. The zero-order valence-corrected chi connectivity index (χ0v) is 21.3. The van der Waals surface area contributed by atoms with E-state index in [-0.39, 0.29) is 17.6 Å². The van der Waals surface area contributed by atoms with E-state index in [4.69, 9.17) is 4.52 Å². The van der Waals surface area contributed by atoms with E-state index in [0.717, 1.165) is 52.9 Å². The fraction of sp³-hybridized carbons (Fsp3) is 0.400. The molecule has 0 aliphatic carbocycles. The van der Waals surface area contributed by atoms with E-state index >= 15 is 0 Å². The molecule has 1 atom stereocenters. The van der Waals surface area contributed by atoms with Crippen LogP contribution in [0, 0.1) is 11.7 Å². The SMILES string of the molecule is O=C(NCCCSCc1ccc(F)cc1)C1CCCN(Cc2nc(-c3cccc(Br)c3)no2)C1. The number of hydrogen-bond donors (Lipinski definition) is 1. The summed E-state index contributed by atoms with van der Waals surface area (Å²) >= 11 is 5.26. The quantitative estimate of drug-likeness (QED) is 0.348. The van der Waals surface area contributed by atoms with Gasteiger partial charge in [0.2, 0.25) is 17.6 Å². The van der Waals surface area contributed by atoms with E-state index in [1.165, 1.54) is 12.1 Å². The number of amides is 1. The number of carbonyl (C=O) groups excluding carboxylic acids is 1. The zero-order chi connectivity index (χ0) is 23.8. The minimum atomic E-state index is -0.208. The fourth-order valence-electron chi connectivity index (χ4n) is 3.97. The predicted octanol–water partition coefficient (Wildman–Crippen LogP) is 5.29. The first-order chi connectivity index (χ1) is 16.6. The average Bonchev–Trinajstić information content (AvgIpc) is 3.31.